The van der Waals surface area contributed by atoms with E-state index in [0.29, 0.717) is 18.1 Å². The van der Waals surface area contributed by atoms with Gasteiger partial charge in [-0.15, -0.1) is 0 Å². The number of hydrogen-bond donors (Lipinski definition) is 0. The van der Waals surface area contributed by atoms with E-state index in [1.165, 1.54) is 0 Å². The Labute approximate surface area is 167 Å². The summed E-state index contributed by atoms with van der Waals surface area (Å²) in [7, 11) is 1.57. The number of esters is 1. The van der Waals surface area contributed by atoms with Crippen LogP contribution in [0.2, 0.25) is 0 Å². The average molecular weight is 481 g/mol. The van der Waals surface area contributed by atoms with Crippen LogP contribution >= 0.6 is 31.9 Å². The Hall–Kier alpha value is -2.12. The molecule has 1 aliphatic rings. The number of aliphatic imine (C=N–C) groups is 1. The Kier molecular flexibility index (Phi) is 5.78. The van der Waals surface area contributed by atoms with Crippen LogP contribution in [0.15, 0.2) is 56.0 Å². The van der Waals surface area contributed by atoms with Crippen molar-refractivity contribution in [1.82, 2.24) is 0 Å². The molecule has 0 amide bonds. The molecule has 0 atom stereocenters. The first-order valence-corrected chi connectivity index (χ1v) is 9.40. The number of rotatable bonds is 5. The van der Waals surface area contributed by atoms with Crippen molar-refractivity contribution in [2.45, 2.75) is 6.92 Å². The Morgan fingerprint density at radius 3 is 2.65 bits per heavy atom. The highest BCUT2D eigenvalue weighted by Gasteiger charge is 2.25. The molecule has 134 valence electrons. The van der Waals surface area contributed by atoms with Gasteiger partial charge in [0.2, 0.25) is 5.90 Å². The zero-order valence-corrected chi connectivity index (χ0v) is 17.3. The van der Waals surface area contributed by atoms with Gasteiger partial charge < -0.3 is 14.2 Å². The lowest BCUT2D eigenvalue weighted by Crippen LogP contribution is -2.05. The van der Waals surface area contributed by atoms with Gasteiger partial charge in [0.25, 0.3) is 0 Å². The van der Waals surface area contributed by atoms with Crippen LogP contribution in [-0.2, 0) is 9.53 Å². The first kappa shape index (κ1) is 18.7. The number of benzene rings is 2. The zero-order chi connectivity index (χ0) is 18.7. The van der Waals surface area contributed by atoms with Crippen molar-refractivity contribution in [3.63, 3.8) is 0 Å². The third-order valence-corrected chi connectivity index (χ3v) is 4.84. The molecular formula is C19H15Br2NO4. The molecule has 0 aliphatic carbocycles. The maximum atomic E-state index is 12.2. The van der Waals surface area contributed by atoms with Crippen molar-refractivity contribution < 1.29 is 19.0 Å². The fourth-order valence-electron chi connectivity index (χ4n) is 2.45. The van der Waals surface area contributed by atoms with Crippen molar-refractivity contribution in [3.8, 4) is 11.5 Å². The summed E-state index contributed by atoms with van der Waals surface area (Å²) in [5, 5.41) is 0. The van der Waals surface area contributed by atoms with E-state index in [1.54, 1.807) is 19.3 Å². The van der Waals surface area contributed by atoms with Crippen LogP contribution in [0.1, 0.15) is 18.1 Å². The topological polar surface area (TPSA) is 57.1 Å². The molecular weight excluding hydrogens is 466 g/mol. The number of methoxy groups -OCH3 is 1. The lowest BCUT2D eigenvalue weighted by Gasteiger charge is -2.12. The molecule has 1 heterocycles. The van der Waals surface area contributed by atoms with Gasteiger partial charge in [0.05, 0.1) is 23.8 Å². The van der Waals surface area contributed by atoms with E-state index < -0.39 is 5.97 Å². The minimum atomic E-state index is -0.499. The van der Waals surface area contributed by atoms with Gasteiger partial charge in [0.1, 0.15) is 0 Å². The fourth-order valence-corrected chi connectivity index (χ4v) is 3.53. The lowest BCUT2D eigenvalue weighted by molar-refractivity contribution is -0.129. The molecule has 0 saturated heterocycles. The van der Waals surface area contributed by atoms with E-state index in [1.807, 2.05) is 37.3 Å². The molecule has 0 spiro atoms. The highest BCUT2D eigenvalue weighted by molar-refractivity contribution is 9.10. The number of nitrogens with zero attached hydrogens (tertiary/aromatic N) is 1. The predicted octanol–water partition coefficient (Wildman–Crippen LogP) is 4.96. The number of cyclic esters (lactones) is 1. The molecule has 0 fully saturated rings. The van der Waals surface area contributed by atoms with Crippen molar-refractivity contribution in [3.05, 3.63) is 62.2 Å². The monoisotopic (exact) mass is 479 g/mol. The molecule has 0 bridgehead atoms. The van der Waals surface area contributed by atoms with E-state index in [0.717, 1.165) is 20.1 Å². The van der Waals surface area contributed by atoms with Gasteiger partial charge in [-0.1, -0.05) is 12.1 Å². The maximum absolute atomic E-state index is 12.2. The van der Waals surface area contributed by atoms with Crippen LogP contribution in [0.3, 0.4) is 0 Å². The molecule has 0 unspecified atom stereocenters. The molecule has 0 N–H and O–H groups in total. The quantitative estimate of drug-likeness (QED) is 0.448. The summed E-state index contributed by atoms with van der Waals surface area (Å²) in [6, 6.07) is 11.0. The summed E-state index contributed by atoms with van der Waals surface area (Å²) in [6.07, 6.45) is 1.65. The van der Waals surface area contributed by atoms with Gasteiger partial charge in [0, 0.05) is 4.47 Å². The minimum absolute atomic E-state index is 0.218. The first-order chi connectivity index (χ1) is 12.5. The average Bonchev–Trinajstić information content (AvgIpc) is 2.96. The molecule has 0 saturated carbocycles. The van der Waals surface area contributed by atoms with Gasteiger partial charge in [-0.2, -0.15) is 0 Å². The van der Waals surface area contributed by atoms with Gasteiger partial charge >= 0.3 is 5.97 Å². The third-order valence-electron chi connectivity index (χ3n) is 3.56. The number of halogens is 2. The molecule has 3 rings (SSSR count). The zero-order valence-electron chi connectivity index (χ0n) is 14.1. The highest BCUT2D eigenvalue weighted by Crippen LogP contribution is 2.37. The minimum Gasteiger partial charge on any atom is -0.492 e. The fraction of sp³-hybridized carbons (Fsp3) is 0.158. The van der Waals surface area contributed by atoms with Crippen LogP contribution < -0.4 is 9.47 Å². The molecule has 0 aromatic heterocycles. The molecule has 26 heavy (non-hydrogen) atoms. The second-order valence-corrected chi connectivity index (χ2v) is 6.99. The third kappa shape index (κ3) is 3.83. The van der Waals surface area contributed by atoms with E-state index in [9.17, 15) is 4.79 Å². The number of hydrogen-bond acceptors (Lipinski definition) is 5. The van der Waals surface area contributed by atoms with Crippen molar-refractivity contribution in [1.29, 1.82) is 0 Å². The Morgan fingerprint density at radius 1 is 1.19 bits per heavy atom. The van der Waals surface area contributed by atoms with Crippen molar-refractivity contribution in [2.24, 2.45) is 4.99 Å². The van der Waals surface area contributed by atoms with E-state index in [2.05, 4.69) is 36.9 Å². The lowest BCUT2D eigenvalue weighted by atomic mass is 10.1. The summed E-state index contributed by atoms with van der Waals surface area (Å²) < 4.78 is 17.8. The smallest absolute Gasteiger partial charge is 0.363 e. The van der Waals surface area contributed by atoms with E-state index >= 15 is 0 Å². The molecule has 1 aliphatic heterocycles. The first-order valence-electron chi connectivity index (χ1n) is 7.81. The Bertz CT molecular complexity index is 922. The van der Waals surface area contributed by atoms with Crippen molar-refractivity contribution in [2.75, 3.05) is 13.7 Å². The van der Waals surface area contributed by atoms with E-state index in [4.69, 9.17) is 14.2 Å². The summed E-state index contributed by atoms with van der Waals surface area (Å²) >= 11 is 6.90. The highest BCUT2D eigenvalue weighted by atomic mass is 79.9. The van der Waals surface area contributed by atoms with Gasteiger partial charge in [-0.05, 0) is 74.7 Å². The van der Waals surface area contributed by atoms with Crippen molar-refractivity contribution >= 4 is 49.8 Å². The van der Waals surface area contributed by atoms with Crippen LogP contribution in [0, 0.1) is 0 Å². The second kappa shape index (κ2) is 8.05. The Balaban J connectivity index is 1.99. The summed E-state index contributed by atoms with van der Waals surface area (Å²) in [4.78, 5) is 16.5. The second-order valence-electron chi connectivity index (χ2n) is 5.28. The number of carbonyl (C=O) groups excluding carboxylic acids is 1. The number of carbonyl (C=O) groups is 1. The maximum Gasteiger partial charge on any atom is 0.363 e. The molecule has 2 aromatic carbocycles. The largest absolute Gasteiger partial charge is 0.492 e. The molecule has 7 heteroatoms. The predicted molar refractivity (Wildman–Crippen MR) is 107 cm³/mol. The van der Waals surface area contributed by atoms with E-state index in [-0.39, 0.29) is 11.6 Å². The SMILES string of the molecule is CCOc1cc(/C=C2/N=C(c3ccccc3Br)OC2=O)cc(Br)c1OC. The van der Waals surface area contributed by atoms with Crippen LogP contribution in [0.25, 0.3) is 6.08 Å². The van der Waals surface area contributed by atoms with Crippen LogP contribution in [0.5, 0.6) is 11.5 Å². The van der Waals surface area contributed by atoms with Gasteiger partial charge in [-0.25, -0.2) is 9.79 Å². The van der Waals surface area contributed by atoms with Gasteiger partial charge in [-0.3, -0.25) is 0 Å². The summed E-state index contributed by atoms with van der Waals surface area (Å²) in [6.45, 7) is 2.39. The molecule has 5 nitrogen and oxygen atoms in total. The number of ether oxygens (including phenoxy) is 3. The normalized spacial score (nSPS) is 15.0. The Morgan fingerprint density at radius 2 is 1.96 bits per heavy atom. The van der Waals surface area contributed by atoms with Gasteiger partial charge in [0.15, 0.2) is 17.2 Å². The summed E-state index contributed by atoms with van der Waals surface area (Å²) in [5.41, 5.74) is 1.68. The van der Waals surface area contributed by atoms with Crippen LogP contribution in [-0.4, -0.2) is 25.6 Å². The standard InChI is InChI=1S/C19H15Br2NO4/c1-3-25-16-10-11(8-14(21)17(16)24-2)9-15-19(23)26-18(22-15)12-6-4-5-7-13(12)20/h4-10H,3H2,1-2H3/b15-9+. The van der Waals surface area contributed by atoms with Crippen LogP contribution in [0.4, 0.5) is 0 Å². The summed E-state index contributed by atoms with van der Waals surface area (Å²) in [5.74, 6) is 0.949. The molecule has 2 aromatic rings. The molecule has 0 radical (unpaired) electrons.